The van der Waals surface area contributed by atoms with E-state index < -0.39 is 40.2 Å². The Bertz CT molecular complexity index is 1390. The Morgan fingerprint density at radius 1 is 0.949 bits per heavy atom. The number of hydrogen-bond donors (Lipinski definition) is 1. The minimum atomic E-state index is -4.25. The van der Waals surface area contributed by atoms with Gasteiger partial charge in [-0.25, -0.2) is 12.8 Å². The third-order valence-corrected chi connectivity index (χ3v) is 8.40. The molecule has 0 radical (unpaired) electrons. The summed E-state index contributed by atoms with van der Waals surface area (Å²) in [5.74, 6) is -1.50. The smallest absolute Gasteiger partial charge is 0.264 e. The van der Waals surface area contributed by atoms with E-state index in [1.54, 1.807) is 25.1 Å². The number of sulfonamides is 1. The largest absolute Gasteiger partial charge is 0.352 e. The van der Waals surface area contributed by atoms with Crippen LogP contribution in [0.5, 0.6) is 0 Å². The molecule has 39 heavy (non-hydrogen) atoms. The normalized spacial score (nSPS) is 12.9. The maximum Gasteiger partial charge on any atom is 0.264 e. The number of hydrogen-bond acceptors (Lipinski definition) is 4. The molecule has 0 aliphatic carbocycles. The third-order valence-electron chi connectivity index (χ3n) is 6.18. The summed E-state index contributed by atoms with van der Waals surface area (Å²) in [5.41, 5.74) is 0.652. The topological polar surface area (TPSA) is 86.8 Å². The lowest BCUT2D eigenvalue weighted by Crippen LogP contribution is -2.52. The molecule has 3 aromatic rings. The second kappa shape index (κ2) is 13.3. The molecule has 0 fully saturated rings. The summed E-state index contributed by atoms with van der Waals surface area (Å²) in [5, 5.41) is 3.22. The van der Waals surface area contributed by atoms with Crippen molar-refractivity contribution in [1.29, 1.82) is 0 Å². The van der Waals surface area contributed by atoms with E-state index in [-0.39, 0.29) is 33.2 Å². The maximum atomic E-state index is 13.8. The number of carbonyl (C=O) groups is 2. The van der Waals surface area contributed by atoms with Gasteiger partial charge in [0.25, 0.3) is 10.0 Å². The van der Waals surface area contributed by atoms with Gasteiger partial charge in [-0.15, -0.1) is 0 Å². The van der Waals surface area contributed by atoms with Crippen LogP contribution in [-0.2, 0) is 26.2 Å². The van der Waals surface area contributed by atoms with E-state index in [4.69, 9.17) is 23.2 Å². The molecule has 3 rings (SSSR count). The van der Waals surface area contributed by atoms with Gasteiger partial charge >= 0.3 is 0 Å². The van der Waals surface area contributed by atoms with E-state index in [0.717, 1.165) is 4.31 Å². The lowest BCUT2D eigenvalue weighted by molar-refractivity contribution is -0.139. The molecule has 2 amide bonds. The van der Waals surface area contributed by atoms with Crippen molar-refractivity contribution in [3.63, 3.8) is 0 Å². The monoisotopic (exact) mass is 593 g/mol. The molecular formula is C28H30Cl2FN3O4S. The summed E-state index contributed by atoms with van der Waals surface area (Å²) < 4.78 is 41.9. The first-order valence-corrected chi connectivity index (χ1v) is 14.5. The van der Waals surface area contributed by atoms with Crippen LogP contribution in [0.1, 0.15) is 32.8 Å². The van der Waals surface area contributed by atoms with Crippen LogP contribution in [0.15, 0.2) is 77.7 Å². The van der Waals surface area contributed by atoms with Gasteiger partial charge in [0.2, 0.25) is 11.8 Å². The van der Waals surface area contributed by atoms with Crippen LogP contribution in [0.25, 0.3) is 0 Å². The van der Waals surface area contributed by atoms with Gasteiger partial charge in [-0.3, -0.25) is 13.9 Å². The summed E-state index contributed by atoms with van der Waals surface area (Å²) in [6, 6.07) is 16.3. The van der Waals surface area contributed by atoms with Gasteiger partial charge in [-0.05, 0) is 68.3 Å². The molecule has 7 nitrogen and oxygen atoms in total. The summed E-state index contributed by atoms with van der Waals surface area (Å²) in [4.78, 5) is 28.1. The van der Waals surface area contributed by atoms with Gasteiger partial charge in [-0.2, -0.15) is 0 Å². The van der Waals surface area contributed by atoms with Crippen molar-refractivity contribution >= 4 is 50.7 Å². The van der Waals surface area contributed by atoms with Gasteiger partial charge in [-0.1, -0.05) is 60.5 Å². The van der Waals surface area contributed by atoms with Crippen molar-refractivity contribution in [2.24, 2.45) is 0 Å². The molecule has 0 spiro atoms. The predicted octanol–water partition coefficient (Wildman–Crippen LogP) is 5.66. The van der Waals surface area contributed by atoms with E-state index in [0.29, 0.717) is 12.0 Å². The van der Waals surface area contributed by atoms with Crippen LogP contribution in [0.4, 0.5) is 10.1 Å². The summed E-state index contributed by atoms with van der Waals surface area (Å²) in [6.07, 6.45) is 0.684. The first-order chi connectivity index (χ1) is 18.4. The van der Waals surface area contributed by atoms with Crippen LogP contribution in [0.3, 0.4) is 0 Å². The molecule has 11 heteroatoms. The van der Waals surface area contributed by atoms with Crippen LogP contribution in [0.2, 0.25) is 10.0 Å². The first-order valence-electron chi connectivity index (χ1n) is 12.3. The molecule has 2 atom stereocenters. The van der Waals surface area contributed by atoms with Gasteiger partial charge < -0.3 is 10.2 Å². The molecular weight excluding hydrogens is 564 g/mol. The highest BCUT2D eigenvalue weighted by molar-refractivity contribution is 7.92. The predicted molar refractivity (Wildman–Crippen MR) is 152 cm³/mol. The van der Waals surface area contributed by atoms with Crippen LogP contribution in [-0.4, -0.2) is 43.8 Å². The fourth-order valence-corrected chi connectivity index (χ4v) is 5.70. The number of amides is 2. The molecule has 0 saturated heterocycles. The zero-order chi connectivity index (χ0) is 28.7. The van der Waals surface area contributed by atoms with Crippen LogP contribution < -0.4 is 9.62 Å². The molecule has 0 saturated carbocycles. The van der Waals surface area contributed by atoms with E-state index in [1.165, 1.54) is 59.5 Å². The number of nitrogens with zero attached hydrogens (tertiary/aromatic N) is 2. The molecule has 0 unspecified atom stereocenters. The average Bonchev–Trinajstić information content (AvgIpc) is 2.90. The molecule has 0 aliphatic heterocycles. The van der Waals surface area contributed by atoms with E-state index >= 15 is 0 Å². The lowest BCUT2D eigenvalue weighted by atomic mass is 10.1. The standard InChI is InChI=1S/C28H30Cl2FN3O4S/c1-4-19(2)32-28(36)20(3)33(17-21-10-12-24(31)13-11-21)27(35)18-34(25-15-22(29)14-23(30)16-25)39(37,38)26-8-6-5-7-9-26/h5-16,19-20H,4,17-18H2,1-3H3,(H,32,36)/t19-,20+/m0/s1. The Kier molecular flexibility index (Phi) is 10.4. The van der Waals surface area contributed by atoms with Gasteiger partial charge in [0.05, 0.1) is 10.6 Å². The highest BCUT2D eigenvalue weighted by atomic mass is 35.5. The summed E-state index contributed by atoms with van der Waals surface area (Å²) >= 11 is 12.4. The molecule has 0 heterocycles. The Labute approximate surface area is 238 Å². The third kappa shape index (κ3) is 7.94. The first kappa shape index (κ1) is 30.4. The molecule has 208 valence electrons. The zero-order valence-electron chi connectivity index (χ0n) is 21.8. The molecule has 0 aromatic heterocycles. The molecule has 1 N–H and O–H groups in total. The number of carbonyl (C=O) groups excluding carboxylic acids is 2. The Balaban J connectivity index is 2.04. The van der Waals surface area contributed by atoms with E-state index in [2.05, 4.69) is 5.32 Å². The number of benzene rings is 3. The fraction of sp³-hybridized carbons (Fsp3) is 0.286. The lowest BCUT2D eigenvalue weighted by Gasteiger charge is -2.32. The molecule has 0 aliphatic rings. The Morgan fingerprint density at radius 2 is 1.54 bits per heavy atom. The minimum Gasteiger partial charge on any atom is -0.352 e. The number of rotatable bonds is 11. The van der Waals surface area contributed by atoms with Crippen molar-refractivity contribution < 1.29 is 22.4 Å². The number of halogens is 3. The average molecular weight is 595 g/mol. The van der Waals surface area contributed by atoms with Crippen LogP contribution >= 0.6 is 23.2 Å². The van der Waals surface area contributed by atoms with Gasteiger partial charge in [0, 0.05) is 22.6 Å². The molecule has 0 bridgehead atoms. The van der Waals surface area contributed by atoms with Crippen molar-refractivity contribution in [3.8, 4) is 0 Å². The van der Waals surface area contributed by atoms with E-state index in [1.807, 2.05) is 13.8 Å². The quantitative estimate of drug-likeness (QED) is 0.311. The van der Waals surface area contributed by atoms with Crippen molar-refractivity contribution in [3.05, 3.63) is 94.2 Å². The highest BCUT2D eigenvalue weighted by Gasteiger charge is 2.33. The van der Waals surface area contributed by atoms with Crippen molar-refractivity contribution in [2.75, 3.05) is 10.8 Å². The Morgan fingerprint density at radius 3 is 2.10 bits per heavy atom. The maximum absolute atomic E-state index is 13.8. The second-order valence-corrected chi connectivity index (χ2v) is 11.8. The molecule has 3 aromatic carbocycles. The van der Waals surface area contributed by atoms with Crippen molar-refractivity contribution in [1.82, 2.24) is 10.2 Å². The van der Waals surface area contributed by atoms with Crippen molar-refractivity contribution in [2.45, 2.75) is 50.7 Å². The zero-order valence-corrected chi connectivity index (χ0v) is 24.1. The SMILES string of the molecule is CC[C@H](C)NC(=O)[C@@H](C)N(Cc1ccc(F)cc1)C(=O)CN(c1cc(Cl)cc(Cl)c1)S(=O)(=O)c1ccccc1. The summed E-state index contributed by atoms with van der Waals surface area (Å²) in [6.45, 7) is 4.62. The Hall–Kier alpha value is -3.14. The highest BCUT2D eigenvalue weighted by Crippen LogP contribution is 2.30. The van der Waals surface area contributed by atoms with Gasteiger partial charge in [0.1, 0.15) is 18.4 Å². The van der Waals surface area contributed by atoms with Crippen LogP contribution in [0, 0.1) is 5.82 Å². The fourth-order valence-electron chi connectivity index (χ4n) is 3.77. The van der Waals surface area contributed by atoms with E-state index in [9.17, 15) is 22.4 Å². The number of anilines is 1. The number of nitrogens with one attached hydrogen (secondary N) is 1. The minimum absolute atomic E-state index is 0.0402. The van der Waals surface area contributed by atoms with Gasteiger partial charge in [0.15, 0.2) is 0 Å². The summed E-state index contributed by atoms with van der Waals surface area (Å²) in [7, 11) is -4.25. The second-order valence-electron chi connectivity index (χ2n) is 9.09.